The summed E-state index contributed by atoms with van der Waals surface area (Å²) in [6, 6.07) is 8.37. The lowest BCUT2D eigenvalue weighted by atomic mass is 9.91. The van der Waals surface area contributed by atoms with Crippen molar-refractivity contribution in [3.8, 4) is 0 Å². The Hall–Kier alpha value is -0.220. The fourth-order valence-electron chi connectivity index (χ4n) is 2.52. The molecule has 3 N–H and O–H groups in total. The summed E-state index contributed by atoms with van der Waals surface area (Å²) in [7, 11) is 0. The molecule has 1 unspecified atom stereocenters. The van der Waals surface area contributed by atoms with E-state index in [9.17, 15) is 0 Å². The predicted molar refractivity (Wildman–Crippen MR) is 80.9 cm³/mol. The molecule has 1 saturated heterocycles. The standard InChI is InChI=1S/C14H21ClN2S/c15-14-4-2-1-3-12(14)10-13(17-16)9-11-5-7-18-8-6-11/h1-4,11,13,17H,5-10,16H2. The summed E-state index contributed by atoms with van der Waals surface area (Å²) in [5.74, 6) is 9.10. The van der Waals surface area contributed by atoms with E-state index in [1.807, 2.05) is 18.2 Å². The summed E-state index contributed by atoms with van der Waals surface area (Å²) in [5, 5.41) is 0.844. The lowest BCUT2D eigenvalue weighted by Gasteiger charge is -2.26. The van der Waals surface area contributed by atoms with E-state index in [0.717, 1.165) is 23.8 Å². The van der Waals surface area contributed by atoms with Crippen LogP contribution < -0.4 is 11.3 Å². The summed E-state index contributed by atoms with van der Waals surface area (Å²) in [6.45, 7) is 0. The first-order valence-electron chi connectivity index (χ1n) is 6.57. The quantitative estimate of drug-likeness (QED) is 0.644. The van der Waals surface area contributed by atoms with Gasteiger partial charge in [-0.05, 0) is 54.7 Å². The van der Waals surface area contributed by atoms with Crippen molar-refractivity contribution in [1.29, 1.82) is 0 Å². The summed E-state index contributed by atoms with van der Waals surface area (Å²) < 4.78 is 0. The molecule has 2 nitrogen and oxygen atoms in total. The number of benzene rings is 1. The molecule has 1 aliphatic heterocycles. The largest absolute Gasteiger partial charge is 0.271 e. The molecule has 0 bridgehead atoms. The molecule has 0 saturated carbocycles. The zero-order chi connectivity index (χ0) is 12.8. The van der Waals surface area contributed by atoms with Gasteiger partial charge in [0.2, 0.25) is 0 Å². The highest BCUT2D eigenvalue weighted by molar-refractivity contribution is 7.99. The van der Waals surface area contributed by atoms with Crippen LogP contribution >= 0.6 is 23.4 Å². The van der Waals surface area contributed by atoms with Gasteiger partial charge in [-0.2, -0.15) is 11.8 Å². The van der Waals surface area contributed by atoms with E-state index >= 15 is 0 Å². The van der Waals surface area contributed by atoms with Crippen molar-refractivity contribution < 1.29 is 0 Å². The number of rotatable bonds is 5. The molecule has 1 fully saturated rings. The van der Waals surface area contributed by atoms with E-state index in [2.05, 4.69) is 23.3 Å². The molecule has 1 aromatic rings. The third-order valence-electron chi connectivity index (χ3n) is 3.62. The Balaban J connectivity index is 1.90. The summed E-state index contributed by atoms with van der Waals surface area (Å²) in [4.78, 5) is 0. The molecule has 0 spiro atoms. The molecular weight excluding hydrogens is 264 g/mol. The van der Waals surface area contributed by atoms with Gasteiger partial charge in [0.15, 0.2) is 0 Å². The highest BCUT2D eigenvalue weighted by atomic mass is 35.5. The average molecular weight is 285 g/mol. The van der Waals surface area contributed by atoms with Crippen molar-refractivity contribution in [2.45, 2.75) is 31.7 Å². The van der Waals surface area contributed by atoms with Crippen LogP contribution in [0.25, 0.3) is 0 Å². The Morgan fingerprint density at radius 3 is 2.72 bits per heavy atom. The van der Waals surface area contributed by atoms with E-state index < -0.39 is 0 Å². The van der Waals surface area contributed by atoms with Gasteiger partial charge in [-0.1, -0.05) is 29.8 Å². The maximum Gasteiger partial charge on any atom is 0.0438 e. The molecule has 18 heavy (non-hydrogen) atoms. The second-order valence-corrected chi connectivity index (χ2v) is 6.58. The van der Waals surface area contributed by atoms with E-state index in [1.54, 1.807) is 0 Å². The molecule has 0 aromatic heterocycles. The topological polar surface area (TPSA) is 38.0 Å². The molecule has 100 valence electrons. The minimum atomic E-state index is 0.331. The lowest BCUT2D eigenvalue weighted by Crippen LogP contribution is -2.38. The van der Waals surface area contributed by atoms with Crippen molar-refractivity contribution in [1.82, 2.24) is 5.43 Å². The molecule has 4 heteroatoms. The molecule has 1 atom stereocenters. The monoisotopic (exact) mass is 284 g/mol. The van der Waals surface area contributed by atoms with Crippen molar-refractivity contribution in [3.05, 3.63) is 34.9 Å². The first-order chi connectivity index (χ1) is 8.79. The van der Waals surface area contributed by atoms with Crippen LogP contribution in [0.3, 0.4) is 0 Å². The predicted octanol–water partition coefficient (Wildman–Crippen LogP) is 3.25. The van der Waals surface area contributed by atoms with Gasteiger partial charge in [-0.15, -0.1) is 0 Å². The van der Waals surface area contributed by atoms with Crippen LogP contribution in [0.15, 0.2) is 24.3 Å². The zero-order valence-electron chi connectivity index (χ0n) is 10.6. The van der Waals surface area contributed by atoms with Crippen molar-refractivity contribution in [2.75, 3.05) is 11.5 Å². The van der Waals surface area contributed by atoms with Gasteiger partial charge in [0.25, 0.3) is 0 Å². The van der Waals surface area contributed by atoms with Gasteiger partial charge >= 0.3 is 0 Å². The third kappa shape index (κ3) is 4.16. The van der Waals surface area contributed by atoms with Crippen LogP contribution in [0.1, 0.15) is 24.8 Å². The fourth-order valence-corrected chi connectivity index (χ4v) is 3.94. The second kappa shape index (κ2) is 7.39. The van der Waals surface area contributed by atoms with Crippen LogP contribution in [0, 0.1) is 5.92 Å². The van der Waals surface area contributed by atoms with Gasteiger partial charge in [-0.3, -0.25) is 11.3 Å². The molecular formula is C14H21ClN2S. The van der Waals surface area contributed by atoms with Gasteiger partial charge in [0, 0.05) is 11.1 Å². The third-order valence-corrected chi connectivity index (χ3v) is 5.04. The van der Waals surface area contributed by atoms with Crippen LogP contribution in [-0.4, -0.2) is 17.5 Å². The smallest absolute Gasteiger partial charge is 0.0438 e. The summed E-state index contributed by atoms with van der Waals surface area (Å²) >= 11 is 8.26. The Morgan fingerprint density at radius 1 is 1.33 bits per heavy atom. The van der Waals surface area contributed by atoms with Gasteiger partial charge in [0.1, 0.15) is 0 Å². The highest BCUT2D eigenvalue weighted by Crippen LogP contribution is 2.27. The highest BCUT2D eigenvalue weighted by Gasteiger charge is 2.19. The molecule has 0 radical (unpaired) electrons. The Bertz CT molecular complexity index is 367. The molecule has 0 amide bonds. The number of hydrogen-bond acceptors (Lipinski definition) is 3. The normalized spacial score (nSPS) is 18.8. The number of hydrazine groups is 1. The van der Waals surface area contributed by atoms with Crippen molar-refractivity contribution in [2.24, 2.45) is 11.8 Å². The maximum absolute atomic E-state index is 6.20. The second-order valence-electron chi connectivity index (χ2n) is 4.95. The Morgan fingerprint density at radius 2 is 2.06 bits per heavy atom. The van der Waals surface area contributed by atoms with Crippen LogP contribution in [-0.2, 0) is 6.42 Å². The number of halogens is 1. The minimum absolute atomic E-state index is 0.331. The van der Waals surface area contributed by atoms with Gasteiger partial charge in [-0.25, -0.2) is 0 Å². The van der Waals surface area contributed by atoms with E-state index in [-0.39, 0.29) is 0 Å². The fraction of sp³-hybridized carbons (Fsp3) is 0.571. The SMILES string of the molecule is NNC(Cc1ccccc1Cl)CC1CCSCC1. The zero-order valence-corrected chi connectivity index (χ0v) is 12.1. The molecule has 0 aliphatic carbocycles. The van der Waals surface area contributed by atoms with E-state index in [1.165, 1.54) is 29.9 Å². The van der Waals surface area contributed by atoms with E-state index in [0.29, 0.717) is 6.04 Å². The van der Waals surface area contributed by atoms with Crippen molar-refractivity contribution >= 4 is 23.4 Å². The maximum atomic E-state index is 6.20. The average Bonchev–Trinajstić information content (AvgIpc) is 2.41. The number of nitrogens with one attached hydrogen (secondary N) is 1. The summed E-state index contributed by atoms with van der Waals surface area (Å²) in [6.07, 6.45) is 4.72. The number of thioether (sulfide) groups is 1. The minimum Gasteiger partial charge on any atom is -0.271 e. The Kier molecular flexibility index (Phi) is 5.83. The van der Waals surface area contributed by atoms with Crippen molar-refractivity contribution in [3.63, 3.8) is 0 Å². The first kappa shape index (κ1) is 14.2. The van der Waals surface area contributed by atoms with Crippen LogP contribution in [0.2, 0.25) is 5.02 Å². The first-order valence-corrected chi connectivity index (χ1v) is 8.10. The molecule has 1 aromatic carbocycles. The molecule has 1 aliphatic rings. The van der Waals surface area contributed by atoms with E-state index in [4.69, 9.17) is 17.4 Å². The molecule has 2 rings (SSSR count). The van der Waals surface area contributed by atoms with Gasteiger partial charge in [0.05, 0.1) is 0 Å². The Labute approximate surface area is 119 Å². The molecule has 1 heterocycles. The van der Waals surface area contributed by atoms with Gasteiger partial charge < -0.3 is 0 Å². The van der Waals surface area contributed by atoms with Crippen LogP contribution in [0.5, 0.6) is 0 Å². The lowest BCUT2D eigenvalue weighted by molar-refractivity contribution is 0.366. The summed E-state index contributed by atoms with van der Waals surface area (Å²) in [5.41, 5.74) is 4.15. The number of hydrogen-bond donors (Lipinski definition) is 2. The van der Waals surface area contributed by atoms with Crippen LogP contribution in [0.4, 0.5) is 0 Å². The number of nitrogens with two attached hydrogens (primary N) is 1.